The maximum Gasteiger partial charge on any atom is 0.264 e. The van der Waals surface area contributed by atoms with Crippen LogP contribution < -0.4 is 4.72 Å². The summed E-state index contributed by atoms with van der Waals surface area (Å²) in [5.74, 6) is -2.60. The van der Waals surface area contributed by atoms with Gasteiger partial charge in [-0.3, -0.25) is 4.72 Å². The van der Waals surface area contributed by atoms with Crippen molar-refractivity contribution in [1.29, 1.82) is 0 Å². The Morgan fingerprint density at radius 2 is 1.86 bits per heavy atom. The second-order valence-electron chi connectivity index (χ2n) is 4.44. The summed E-state index contributed by atoms with van der Waals surface area (Å²) in [6.45, 7) is 0. The molecule has 21 heavy (non-hydrogen) atoms. The van der Waals surface area contributed by atoms with E-state index in [1.807, 2.05) is 0 Å². The van der Waals surface area contributed by atoms with Crippen LogP contribution in [0.25, 0.3) is 10.9 Å². The average molecular weight is 308 g/mol. The zero-order valence-electron chi connectivity index (χ0n) is 10.6. The molecule has 2 aromatic carbocycles. The molecule has 2 N–H and O–H groups in total. The number of anilines is 1. The second kappa shape index (κ2) is 4.85. The first-order chi connectivity index (χ1) is 9.97. The maximum atomic E-state index is 13.6. The highest BCUT2D eigenvalue weighted by Gasteiger charge is 2.21. The zero-order chi connectivity index (χ0) is 15.0. The SMILES string of the molecule is O=S(=O)(Nc1ccc2[nH]ccc2c1)c1cccc(F)c1F. The summed E-state index contributed by atoms with van der Waals surface area (Å²) in [7, 11) is -4.19. The zero-order valence-corrected chi connectivity index (χ0v) is 11.4. The van der Waals surface area contributed by atoms with E-state index in [2.05, 4.69) is 9.71 Å². The van der Waals surface area contributed by atoms with E-state index in [1.165, 1.54) is 6.07 Å². The smallest absolute Gasteiger partial charge is 0.264 e. The predicted molar refractivity (Wildman–Crippen MR) is 75.5 cm³/mol. The van der Waals surface area contributed by atoms with Gasteiger partial charge in [0, 0.05) is 22.8 Å². The Kier molecular flexibility index (Phi) is 3.13. The summed E-state index contributed by atoms with van der Waals surface area (Å²) in [5.41, 5.74) is 1.11. The van der Waals surface area contributed by atoms with Crippen LogP contribution in [-0.2, 0) is 10.0 Å². The number of hydrogen-bond acceptors (Lipinski definition) is 2. The molecule has 0 saturated heterocycles. The molecule has 3 rings (SSSR count). The van der Waals surface area contributed by atoms with Gasteiger partial charge in [-0.25, -0.2) is 17.2 Å². The molecule has 4 nitrogen and oxygen atoms in total. The molecule has 0 saturated carbocycles. The Labute approximate surface area is 119 Å². The fourth-order valence-corrected chi connectivity index (χ4v) is 3.16. The molecule has 0 radical (unpaired) electrons. The Morgan fingerprint density at radius 1 is 1.05 bits per heavy atom. The van der Waals surface area contributed by atoms with E-state index < -0.39 is 26.6 Å². The Balaban J connectivity index is 2.00. The van der Waals surface area contributed by atoms with E-state index in [-0.39, 0.29) is 5.69 Å². The first-order valence-corrected chi connectivity index (χ1v) is 7.50. The minimum absolute atomic E-state index is 0.269. The van der Waals surface area contributed by atoms with Crippen molar-refractivity contribution in [2.45, 2.75) is 4.90 Å². The van der Waals surface area contributed by atoms with Crippen LogP contribution in [0.3, 0.4) is 0 Å². The van der Waals surface area contributed by atoms with Crippen LogP contribution in [0.5, 0.6) is 0 Å². The van der Waals surface area contributed by atoms with Crippen molar-refractivity contribution in [3.63, 3.8) is 0 Å². The summed E-state index contributed by atoms with van der Waals surface area (Å²) in [6, 6.07) is 9.61. The second-order valence-corrected chi connectivity index (χ2v) is 6.09. The lowest BCUT2D eigenvalue weighted by Gasteiger charge is -2.09. The number of aromatic nitrogens is 1. The first-order valence-electron chi connectivity index (χ1n) is 6.01. The Morgan fingerprint density at radius 3 is 2.67 bits per heavy atom. The molecule has 0 fully saturated rings. The van der Waals surface area contributed by atoms with Crippen LogP contribution in [0.4, 0.5) is 14.5 Å². The lowest BCUT2D eigenvalue weighted by atomic mass is 10.2. The highest BCUT2D eigenvalue weighted by molar-refractivity contribution is 7.92. The van der Waals surface area contributed by atoms with Gasteiger partial charge in [-0.05, 0) is 36.4 Å². The van der Waals surface area contributed by atoms with Crippen LogP contribution in [0.2, 0.25) is 0 Å². The lowest BCUT2D eigenvalue weighted by Crippen LogP contribution is -2.15. The number of nitrogens with one attached hydrogen (secondary N) is 2. The molecular formula is C14H10F2N2O2S. The van der Waals surface area contributed by atoms with Gasteiger partial charge >= 0.3 is 0 Å². The largest absolute Gasteiger partial charge is 0.361 e. The number of halogens is 2. The molecule has 0 aliphatic rings. The molecule has 108 valence electrons. The van der Waals surface area contributed by atoms with Crippen LogP contribution in [-0.4, -0.2) is 13.4 Å². The highest BCUT2D eigenvalue weighted by Crippen LogP contribution is 2.23. The molecule has 3 aromatic rings. The van der Waals surface area contributed by atoms with Gasteiger partial charge in [0.05, 0.1) is 0 Å². The predicted octanol–water partition coefficient (Wildman–Crippen LogP) is 3.25. The van der Waals surface area contributed by atoms with Crippen molar-refractivity contribution in [1.82, 2.24) is 4.98 Å². The summed E-state index contributed by atoms with van der Waals surface area (Å²) in [4.78, 5) is 2.25. The van der Waals surface area contributed by atoms with Crippen molar-refractivity contribution < 1.29 is 17.2 Å². The summed E-state index contributed by atoms with van der Waals surface area (Å²) in [5, 5.41) is 0.801. The monoisotopic (exact) mass is 308 g/mol. The standard InChI is InChI=1S/C14H10F2N2O2S/c15-11-2-1-3-13(14(11)16)21(19,20)18-10-4-5-12-9(8-10)6-7-17-12/h1-8,17-18H. The molecule has 0 aliphatic heterocycles. The normalized spacial score (nSPS) is 11.7. The molecule has 0 atom stereocenters. The number of rotatable bonds is 3. The fraction of sp³-hybridized carbons (Fsp3) is 0. The fourth-order valence-electron chi connectivity index (χ4n) is 2.02. The van der Waals surface area contributed by atoms with Crippen LogP contribution >= 0.6 is 0 Å². The molecule has 1 heterocycles. The molecule has 0 bridgehead atoms. The Bertz CT molecular complexity index is 920. The highest BCUT2D eigenvalue weighted by atomic mass is 32.2. The summed E-state index contributed by atoms with van der Waals surface area (Å²) >= 11 is 0. The van der Waals surface area contributed by atoms with E-state index in [1.54, 1.807) is 24.4 Å². The van der Waals surface area contributed by atoms with Crippen LogP contribution in [0, 0.1) is 11.6 Å². The summed E-state index contributed by atoms with van der Waals surface area (Å²) < 4.78 is 53.2. The molecule has 0 amide bonds. The first kappa shape index (κ1) is 13.6. The molecule has 0 spiro atoms. The molecule has 0 unspecified atom stereocenters. The third kappa shape index (κ3) is 2.47. The van der Waals surface area contributed by atoms with Crippen molar-refractivity contribution in [2.24, 2.45) is 0 Å². The van der Waals surface area contributed by atoms with Crippen LogP contribution in [0.15, 0.2) is 53.6 Å². The van der Waals surface area contributed by atoms with Gasteiger partial charge in [-0.1, -0.05) is 6.07 Å². The Hall–Kier alpha value is -2.41. The third-order valence-electron chi connectivity index (χ3n) is 3.01. The lowest BCUT2D eigenvalue weighted by molar-refractivity contribution is 0.485. The van der Waals surface area contributed by atoms with E-state index in [9.17, 15) is 17.2 Å². The van der Waals surface area contributed by atoms with Gasteiger partial charge in [-0.2, -0.15) is 0 Å². The quantitative estimate of drug-likeness (QED) is 0.780. The van der Waals surface area contributed by atoms with Crippen molar-refractivity contribution >= 4 is 26.6 Å². The van der Waals surface area contributed by atoms with Gasteiger partial charge in [0.1, 0.15) is 4.90 Å². The van der Waals surface area contributed by atoms with Gasteiger partial charge in [0.2, 0.25) is 0 Å². The van der Waals surface area contributed by atoms with Gasteiger partial charge in [0.25, 0.3) is 10.0 Å². The topological polar surface area (TPSA) is 62.0 Å². The van der Waals surface area contributed by atoms with E-state index in [0.717, 1.165) is 29.1 Å². The number of sulfonamides is 1. The molecule has 7 heteroatoms. The maximum absolute atomic E-state index is 13.6. The summed E-state index contributed by atoms with van der Waals surface area (Å²) in [6.07, 6.45) is 1.72. The van der Waals surface area contributed by atoms with Gasteiger partial charge in [-0.15, -0.1) is 0 Å². The van der Waals surface area contributed by atoms with E-state index >= 15 is 0 Å². The number of H-pyrrole nitrogens is 1. The third-order valence-corrected chi connectivity index (χ3v) is 4.41. The van der Waals surface area contributed by atoms with Gasteiger partial charge in [0.15, 0.2) is 11.6 Å². The number of hydrogen-bond donors (Lipinski definition) is 2. The van der Waals surface area contributed by atoms with Crippen molar-refractivity contribution in [3.05, 3.63) is 60.3 Å². The number of fused-ring (bicyclic) bond motifs is 1. The molecule has 1 aromatic heterocycles. The average Bonchev–Trinajstić information content (AvgIpc) is 2.88. The minimum Gasteiger partial charge on any atom is -0.361 e. The van der Waals surface area contributed by atoms with E-state index in [0.29, 0.717) is 0 Å². The van der Waals surface area contributed by atoms with Crippen LogP contribution in [0.1, 0.15) is 0 Å². The molecular weight excluding hydrogens is 298 g/mol. The number of aromatic amines is 1. The van der Waals surface area contributed by atoms with Crippen molar-refractivity contribution in [3.8, 4) is 0 Å². The van der Waals surface area contributed by atoms with Crippen molar-refractivity contribution in [2.75, 3.05) is 4.72 Å². The molecule has 0 aliphatic carbocycles. The van der Waals surface area contributed by atoms with E-state index in [4.69, 9.17) is 0 Å². The van der Waals surface area contributed by atoms with Gasteiger partial charge < -0.3 is 4.98 Å². The minimum atomic E-state index is -4.19. The number of benzene rings is 2.